The molecule has 24 heavy (non-hydrogen) atoms. The molecule has 2 aromatic heterocycles. The molecule has 122 valence electrons. The van der Waals surface area contributed by atoms with Gasteiger partial charge < -0.3 is 15.4 Å². The summed E-state index contributed by atoms with van der Waals surface area (Å²) in [4.78, 5) is 30.1. The van der Waals surface area contributed by atoms with Gasteiger partial charge in [-0.3, -0.25) is 4.79 Å². The van der Waals surface area contributed by atoms with Crippen LogP contribution in [0.3, 0.4) is 0 Å². The van der Waals surface area contributed by atoms with E-state index in [-0.39, 0.29) is 23.5 Å². The van der Waals surface area contributed by atoms with Crippen molar-refractivity contribution in [1.82, 2.24) is 15.3 Å². The van der Waals surface area contributed by atoms with Crippen LogP contribution in [0.25, 0.3) is 10.9 Å². The molecule has 0 saturated heterocycles. The Labute approximate surface area is 136 Å². The number of rotatable bonds is 4. The largest absolute Gasteiger partial charge is 0.478 e. The molecule has 3 N–H and O–H groups in total. The van der Waals surface area contributed by atoms with Crippen molar-refractivity contribution in [1.29, 1.82) is 0 Å². The average molecular weight is 327 g/mol. The van der Waals surface area contributed by atoms with E-state index < -0.39 is 11.9 Å². The Morgan fingerprint density at radius 2 is 2.12 bits per heavy atom. The van der Waals surface area contributed by atoms with Crippen LogP contribution in [-0.2, 0) is 6.42 Å². The van der Waals surface area contributed by atoms with Crippen LogP contribution in [0.2, 0.25) is 0 Å². The number of amides is 1. The molecule has 0 aliphatic carbocycles. The Morgan fingerprint density at radius 3 is 2.83 bits per heavy atom. The molecule has 0 unspecified atom stereocenters. The van der Waals surface area contributed by atoms with Crippen molar-refractivity contribution >= 4 is 22.8 Å². The minimum absolute atomic E-state index is 0.00844. The van der Waals surface area contributed by atoms with Crippen LogP contribution in [0.1, 0.15) is 32.1 Å². The zero-order valence-electron chi connectivity index (χ0n) is 12.8. The van der Waals surface area contributed by atoms with E-state index in [1.54, 1.807) is 18.2 Å². The Balaban J connectivity index is 2.08. The standard InChI is InChI=1S/C17H14FN3O3/c1-19-16(22)14-7-10(17(23)24)6-11(21-14)5-9-3-2-4-13-15(9)12(18)8-20-13/h2-4,6-8,20H,5H2,1H3,(H,19,22)(H,23,24). The summed E-state index contributed by atoms with van der Waals surface area (Å²) in [6.07, 6.45) is 1.47. The zero-order chi connectivity index (χ0) is 17.3. The fourth-order valence-electron chi connectivity index (χ4n) is 2.60. The topological polar surface area (TPSA) is 95.1 Å². The number of nitrogens with zero attached hydrogens (tertiary/aromatic N) is 1. The maximum atomic E-state index is 14.0. The van der Waals surface area contributed by atoms with Gasteiger partial charge in [0.05, 0.1) is 5.56 Å². The number of carbonyl (C=O) groups is 2. The second-order valence-corrected chi connectivity index (χ2v) is 5.27. The molecule has 0 aliphatic rings. The van der Waals surface area contributed by atoms with Crippen LogP contribution in [-0.4, -0.2) is 34.0 Å². The number of hydrogen-bond acceptors (Lipinski definition) is 3. The van der Waals surface area contributed by atoms with Crippen LogP contribution >= 0.6 is 0 Å². The summed E-state index contributed by atoms with van der Waals surface area (Å²) in [5, 5.41) is 12.1. The monoisotopic (exact) mass is 327 g/mol. The number of carboxylic acid groups (broad SMARTS) is 1. The Kier molecular flexibility index (Phi) is 3.99. The summed E-state index contributed by atoms with van der Waals surface area (Å²) < 4.78 is 14.0. The van der Waals surface area contributed by atoms with Gasteiger partial charge in [-0.2, -0.15) is 0 Å². The summed E-state index contributed by atoms with van der Waals surface area (Å²) in [5.41, 5.74) is 1.64. The molecule has 2 heterocycles. The van der Waals surface area contributed by atoms with E-state index in [9.17, 15) is 19.1 Å². The number of benzene rings is 1. The number of carbonyl (C=O) groups excluding carboxylic acids is 1. The van der Waals surface area contributed by atoms with Crippen molar-refractivity contribution < 1.29 is 19.1 Å². The van der Waals surface area contributed by atoms with Gasteiger partial charge in [-0.05, 0) is 23.8 Å². The van der Waals surface area contributed by atoms with Crippen LogP contribution < -0.4 is 5.32 Å². The molecule has 7 heteroatoms. The summed E-state index contributed by atoms with van der Waals surface area (Å²) in [6, 6.07) is 7.86. The second-order valence-electron chi connectivity index (χ2n) is 5.27. The number of aromatic amines is 1. The van der Waals surface area contributed by atoms with Crippen molar-refractivity contribution in [3.05, 3.63) is 64.9 Å². The first-order chi connectivity index (χ1) is 11.5. The molecule has 6 nitrogen and oxygen atoms in total. The Morgan fingerprint density at radius 1 is 1.33 bits per heavy atom. The lowest BCUT2D eigenvalue weighted by atomic mass is 10.0. The number of pyridine rings is 1. The van der Waals surface area contributed by atoms with E-state index in [0.29, 0.717) is 22.2 Å². The van der Waals surface area contributed by atoms with Gasteiger partial charge in [0, 0.05) is 36.3 Å². The average Bonchev–Trinajstić information content (AvgIpc) is 2.96. The maximum absolute atomic E-state index is 14.0. The van der Waals surface area contributed by atoms with E-state index in [1.165, 1.54) is 25.4 Å². The van der Waals surface area contributed by atoms with Gasteiger partial charge in [0.25, 0.3) is 5.91 Å². The number of aromatic nitrogens is 2. The third-order valence-electron chi connectivity index (χ3n) is 3.70. The molecule has 0 fully saturated rings. The molecule has 0 aliphatic heterocycles. The van der Waals surface area contributed by atoms with Crippen molar-refractivity contribution in [2.75, 3.05) is 7.05 Å². The first-order valence-electron chi connectivity index (χ1n) is 7.20. The molecule has 0 saturated carbocycles. The molecule has 3 rings (SSSR count). The molecule has 1 aromatic carbocycles. The molecule has 0 spiro atoms. The SMILES string of the molecule is CNC(=O)c1cc(C(=O)O)cc(Cc2cccc3[nH]cc(F)c23)n1. The number of aromatic carboxylic acids is 1. The van der Waals surface area contributed by atoms with Gasteiger partial charge in [-0.1, -0.05) is 12.1 Å². The molecule has 1 amide bonds. The number of H-pyrrole nitrogens is 1. The lowest BCUT2D eigenvalue weighted by molar-refractivity contribution is 0.0696. The maximum Gasteiger partial charge on any atom is 0.335 e. The first kappa shape index (κ1) is 15.7. The number of carboxylic acids is 1. The summed E-state index contributed by atoms with van der Waals surface area (Å²) in [6.45, 7) is 0. The van der Waals surface area contributed by atoms with Gasteiger partial charge in [-0.15, -0.1) is 0 Å². The van der Waals surface area contributed by atoms with Gasteiger partial charge in [0.15, 0.2) is 0 Å². The molecular formula is C17H14FN3O3. The molecule has 3 aromatic rings. The van der Waals surface area contributed by atoms with Gasteiger partial charge >= 0.3 is 5.97 Å². The predicted octanol–water partition coefficient (Wildman–Crippen LogP) is 2.35. The molecular weight excluding hydrogens is 313 g/mol. The van der Waals surface area contributed by atoms with E-state index in [0.717, 1.165) is 0 Å². The second kappa shape index (κ2) is 6.11. The Hall–Kier alpha value is -3.22. The summed E-state index contributed by atoms with van der Waals surface area (Å²) in [5.74, 6) is -2.03. The quantitative estimate of drug-likeness (QED) is 0.685. The van der Waals surface area contributed by atoms with Crippen LogP contribution in [0.15, 0.2) is 36.5 Å². The zero-order valence-corrected chi connectivity index (χ0v) is 12.8. The van der Waals surface area contributed by atoms with E-state index in [2.05, 4.69) is 15.3 Å². The highest BCUT2D eigenvalue weighted by molar-refractivity contribution is 5.96. The van der Waals surface area contributed by atoms with E-state index in [1.807, 2.05) is 0 Å². The fourth-order valence-corrected chi connectivity index (χ4v) is 2.60. The van der Waals surface area contributed by atoms with Crippen LogP contribution in [0.4, 0.5) is 4.39 Å². The molecule has 0 bridgehead atoms. The highest BCUT2D eigenvalue weighted by Gasteiger charge is 2.15. The number of hydrogen-bond donors (Lipinski definition) is 3. The first-order valence-corrected chi connectivity index (χ1v) is 7.20. The predicted molar refractivity (Wildman–Crippen MR) is 85.6 cm³/mol. The van der Waals surface area contributed by atoms with Crippen LogP contribution in [0.5, 0.6) is 0 Å². The van der Waals surface area contributed by atoms with E-state index in [4.69, 9.17) is 0 Å². The van der Waals surface area contributed by atoms with Crippen LogP contribution in [0, 0.1) is 5.82 Å². The van der Waals surface area contributed by atoms with Crippen molar-refractivity contribution in [2.24, 2.45) is 0 Å². The van der Waals surface area contributed by atoms with Crippen molar-refractivity contribution in [3.63, 3.8) is 0 Å². The summed E-state index contributed by atoms with van der Waals surface area (Å²) >= 11 is 0. The number of fused-ring (bicyclic) bond motifs is 1. The third kappa shape index (κ3) is 2.83. The molecule has 0 atom stereocenters. The van der Waals surface area contributed by atoms with Crippen molar-refractivity contribution in [3.8, 4) is 0 Å². The Bertz CT molecular complexity index is 949. The van der Waals surface area contributed by atoms with Crippen molar-refractivity contribution in [2.45, 2.75) is 6.42 Å². The highest BCUT2D eigenvalue weighted by atomic mass is 19.1. The third-order valence-corrected chi connectivity index (χ3v) is 3.70. The lowest BCUT2D eigenvalue weighted by Crippen LogP contribution is -2.20. The van der Waals surface area contributed by atoms with Gasteiger partial charge in [0.2, 0.25) is 0 Å². The smallest absolute Gasteiger partial charge is 0.335 e. The number of halogens is 1. The minimum atomic E-state index is -1.16. The highest BCUT2D eigenvalue weighted by Crippen LogP contribution is 2.23. The minimum Gasteiger partial charge on any atom is -0.478 e. The fraction of sp³-hybridized carbons (Fsp3) is 0.118. The number of nitrogens with one attached hydrogen (secondary N) is 2. The van der Waals surface area contributed by atoms with Gasteiger partial charge in [0.1, 0.15) is 11.5 Å². The molecule has 0 radical (unpaired) electrons. The lowest BCUT2D eigenvalue weighted by Gasteiger charge is -2.08. The van der Waals surface area contributed by atoms with E-state index >= 15 is 0 Å². The normalized spacial score (nSPS) is 10.8. The summed E-state index contributed by atoms with van der Waals surface area (Å²) in [7, 11) is 1.44. The van der Waals surface area contributed by atoms with Gasteiger partial charge in [-0.25, -0.2) is 14.2 Å².